The molecule has 0 saturated heterocycles. The predicted octanol–water partition coefficient (Wildman–Crippen LogP) is 4.23. The summed E-state index contributed by atoms with van der Waals surface area (Å²) < 4.78 is 1.15. The lowest BCUT2D eigenvalue weighted by Crippen LogP contribution is -2.03. The number of thioether (sulfide) groups is 1. The van der Waals surface area contributed by atoms with E-state index in [1.807, 2.05) is 11.8 Å². The largest absolute Gasteiger partial charge is 0.330 e. The SMILES string of the molecule is CCCCCSc1ccc(Br)cc1CCN. The molecule has 0 aliphatic carbocycles. The molecular weight excluding hydrogens is 282 g/mol. The molecule has 0 spiro atoms. The van der Waals surface area contributed by atoms with Gasteiger partial charge in [-0.1, -0.05) is 35.7 Å². The van der Waals surface area contributed by atoms with Crippen LogP contribution in [-0.4, -0.2) is 12.3 Å². The van der Waals surface area contributed by atoms with Crippen molar-refractivity contribution in [1.82, 2.24) is 0 Å². The van der Waals surface area contributed by atoms with Gasteiger partial charge >= 0.3 is 0 Å². The van der Waals surface area contributed by atoms with Crippen LogP contribution in [0.3, 0.4) is 0 Å². The highest BCUT2D eigenvalue weighted by atomic mass is 79.9. The van der Waals surface area contributed by atoms with Crippen LogP contribution >= 0.6 is 27.7 Å². The molecule has 0 bridgehead atoms. The highest BCUT2D eigenvalue weighted by Crippen LogP contribution is 2.27. The van der Waals surface area contributed by atoms with E-state index in [1.54, 1.807) is 0 Å². The predicted molar refractivity (Wildman–Crippen MR) is 77.1 cm³/mol. The molecule has 2 N–H and O–H groups in total. The Bertz CT molecular complexity index is 315. The smallest absolute Gasteiger partial charge is 0.0178 e. The zero-order valence-corrected chi connectivity index (χ0v) is 12.2. The number of rotatable bonds is 7. The van der Waals surface area contributed by atoms with E-state index in [9.17, 15) is 0 Å². The van der Waals surface area contributed by atoms with Crippen molar-refractivity contribution in [2.45, 2.75) is 37.5 Å². The maximum Gasteiger partial charge on any atom is 0.0178 e. The molecule has 0 heterocycles. The first-order valence-electron chi connectivity index (χ1n) is 5.89. The minimum Gasteiger partial charge on any atom is -0.330 e. The highest BCUT2D eigenvalue weighted by molar-refractivity contribution is 9.10. The molecule has 0 aliphatic heterocycles. The Kier molecular flexibility index (Phi) is 7.17. The van der Waals surface area contributed by atoms with Crippen molar-refractivity contribution >= 4 is 27.7 Å². The molecule has 1 aromatic carbocycles. The Balaban J connectivity index is 2.56. The molecule has 1 aromatic rings. The molecule has 0 unspecified atom stereocenters. The minimum atomic E-state index is 0.721. The normalized spacial score (nSPS) is 10.7. The van der Waals surface area contributed by atoms with E-state index in [-0.39, 0.29) is 0 Å². The highest BCUT2D eigenvalue weighted by Gasteiger charge is 2.03. The van der Waals surface area contributed by atoms with E-state index < -0.39 is 0 Å². The molecular formula is C13H20BrNS. The summed E-state index contributed by atoms with van der Waals surface area (Å²) in [6.07, 6.45) is 4.89. The number of hydrogen-bond donors (Lipinski definition) is 1. The van der Waals surface area contributed by atoms with E-state index in [0.29, 0.717) is 0 Å². The van der Waals surface area contributed by atoms with Gasteiger partial charge in [-0.05, 0) is 48.9 Å². The van der Waals surface area contributed by atoms with Crippen LogP contribution in [0.2, 0.25) is 0 Å². The molecule has 0 fully saturated rings. The summed E-state index contributed by atoms with van der Waals surface area (Å²) in [7, 11) is 0. The summed E-state index contributed by atoms with van der Waals surface area (Å²) in [6, 6.07) is 6.50. The Morgan fingerprint density at radius 1 is 1.31 bits per heavy atom. The second-order valence-corrected chi connectivity index (χ2v) is 5.90. The summed E-state index contributed by atoms with van der Waals surface area (Å²) in [4.78, 5) is 1.39. The summed E-state index contributed by atoms with van der Waals surface area (Å²) in [6.45, 7) is 2.96. The number of halogens is 1. The van der Waals surface area contributed by atoms with E-state index in [0.717, 1.165) is 17.4 Å². The maximum absolute atomic E-state index is 5.63. The average Bonchev–Trinajstić information content (AvgIpc) is 2.27. The van der Waals surface area contributed by atoms with Crippen LogP contribution in [0.1, 0.15) is 31.7 Å². The van der Waals surface area contributed by atoms with Crippen LogP contribution < -0.4 is 5.73 Å². The van der Waals surface area contributed by atoms with E-state index in [4.69, 9.17) is 5.73 Å². The monoisotopic (exact) mass is 301 g/mol. The van der Waals surface area contributed by atoms with Gasteiger partial charge in [0.15, 0.2) is 0 Å². The second-order valence-electron chi connectivity index (χ2n) is 3.85. The summed E-state index contributed by atoms with van der Waals surface area (Å²) in [5.41, 5.74) is 7.00. The van der Waals surface area contributed by atoms with Gasteiger partial charge in [-0.25, -0.2) is 0 Å². The van der Waals surface area contributed by atoms with Gasteiger partial charge < -0.3 is 5.73 Å². The lowest BCUT2D eigenvalue weighted by atomic mass is 10.1. The quantitative estimate of drug-likeness (QED) is 0.602. The fraction of sp³-hybridized carbons (Fsp3) is 0.538. The van der Waals surface area contributed by atoms with Gasteiger partial charge in [0, 0.05) is 9.37 Å². The average molecular weight is 302 g/mol. The molecule has 0 aromatic heterocycles. The van der Waals surface area contributed by atoms with Crippen molar-refractivity contribution in [3.63, 3.8) is 0 Å². The first-order chi connectivity index (χ1) is 7.77. The number of benzene rings is 1. The van der Waals surface area contributed by atoms with E-state index in [2.05, 4.69) is 41.1 Å². The van der Waals surface area contributed by atoms with Crippen LogP contribution in [0.15, 0.2) is 27.6 Å². The van der Waals surface area contributed by atoms with Crippen molar-refractivity contribution in [1.29, 1.82) is 0 Å². The van der Waals surface area contributed by atoms with E-state index in [1.165, 1.54) is 35.5 Å². The Hall–Kier alpha value is 0.01000. The molecule has 90 valence electrons. The number of unbranched alkanes of at least 4 members (excludes halogenated alkanes) is 2. The number of nitrogens with two attached hydrogens (primary N) is 1. The fourth-order valence-corrected chi connectivity index (χ4v) is 3.06. The third-order valence-corrected chi connectivity index (χ3v) is 4.14. The lowest BCUT2D eigenvalue weighted by molar-refractivity contribution is 0.778. The first kappa shape index (κ1) is 14.1. The van der Waals surface area contributed by atoms with E-state index >= 15 is 0 Å². The Labute approximate surface area is 111 Å². The van der Waals surface area contributed by atoms with Gasteiger partial charge in [-0.15, -0.1) is 11.8 Å². The zero-order chi connectivity index (χ0) is 11.8. The van der Waals surface area contributed by atoms with Crippen molar-refractivity contribution in [3.8, 4) is 0 Å². The molecule has 0 aliphatic rings. The van der Waals surface area contributed by atoms with Crippen LogP contribution in [0.25, 0.3) is 0 Å². The summed E-state index contributed by atoms with van der Waals surface area (Å²) in [5.74, 6) is 1.22. The summed E-state index contributed by atoms with van der Waals surface area (Å²) in [5, 5.41) is 0. The van der Waals surface area contributed by atoms with Crippen LogP contribution in [0.5, 0.6) is 0 Å². The van der Waals surface area contributed by atoms with Gasteiger partial charge in [0.2, 0.25) is 0 Å². The Morgan fingerprint density at radius 2 is 2.12 bits per heavy atom. The molecule has 0 saturated carbocycles. The minimum absolute atomic E-state index is 0.721. The molecule has 16 heavy (non-hydrogen) atoms. The van der Waals surface area contributed by atoms with Crippen molar-refractivity contribution in [2.24, 2.45) is 5.73 Å². The first-order valence-corrected chi connectivity index (χ1v) is 7.67. The Morgan fingerprint density at radius 3 is 2.81 bits per heavy atom. The lowest BCUT2D eigenvalue weighted by Gasteiger charge is -2.08. The van der Waals surface area contributed by atoms with Gasteiger partial charge in [-0.2, -0.15) is 0 Å². The standard InChI is InChI=1S/C13H20BrNS/c1-2-3-4-9-16-13-6-5-12(14)10-11(13)7-8-15/h5-6,10H,2-4,7-9,15H2,1H3. The topological polar surface area (TPSA) is 26.0 Å². The van der Waals surface area contributed by atoms with Crippen molar-refractivity contribution < 1.29 is 0 Å². The maximum atomic E-state index is 5.63. The van der Waals surface area contributed by atoms with Gasteiger partial charge in [0.1, 0.15) is 0 Å². The van der Waals surface area contributed by atoms with Crippen LogP contribution in [-0.2, 0) is 6.42 Å². The molecule has 0 radical (unpaired) electrons. The fourth-order valence-electron chi connectivity index (χ4n) is 1.57. The van der Waals surface area contributed by atoms with Crippen LogP contribution in [0.4, 0.5) is 0 Å². The molecule has 1 nitrogen and oxygen atoms in total. The summed E-state index contributed by atoms with van der Waals surface area (Å²) >= 11 is 5.47. The molecule has 3 heteroatoms. The second kappa shape index (κ2) is 8.15. The third-order valence-electron chi connectivity index (χ3n) is 2.44. The number of hydrogen-bond acceptors (Lipinski definition) is 2. The molecule has 0 atom stereocenters. The zero-order valence-electron chi connectivity index (χ0n) is 9.84. The van der Waals surface area contributed by atoms with Crippen molar-refractivity contribution in [2.75, 3.05) is 12.3 Å². The van der Waals surface area contributed by atoms with Crippen LogP contribution in [0, 0.1) is 0 Å². The van der Waals surface area contributed by atoms with Gasteiger partial charge in [0.05, 0.1) is 0 Å². The molecule has 0 amide bonds. The van der Waals surface area contributed by atoms with Gasteiger partial charge in [-0.3, -0.25) is 0 Å². The van der Waals surface area contributed by atoms with Crippen molar-refractivity contribution in [3.05, 3.63) is 28.2 Å². The third kappa shape index (κ3) is 4.89. The van der Waals surface area contributed by atoms with Gasteiger partial charge in [0.25, 0.3) is 0 Å². The molecule has 1 rings (SSSR count).